The quantitative estimate of drug-likeness (QED) is 0.676. The minimum absolute atomic E-state index is 0.709. The van der Waals surface area contributed by atoms with Crippen LogP contribution in [-0.4, -0.2) is 11.3 Å². The minimum Gasteiger partial charge on any atom is -0.360 e. The molecule has 3 aromatic rings. The van der Waals surface area contributed by atoms with Crippen molar-refractivity contribution in [3.05, 3.63) is 59.3 Å². The highest BCUT2D eigenvalue weighted by Gasteiger charge is 2.05. The zero-order valence-electron chi connectivity index (χ0n) is 11.0. The van der Waals surface area contributed by atoms with E-state index in [1.807, 2.05) is 6.07 Å². The second-order valence-electron chi connectivity index (χ2n) is 5.00. The average molecular weight is 249 g/mol. The fourth-order valence-corrected chi connectivity index (χ4v) is 2.56. The van der Waals surface area contributed by atoms with Crippen molar-refractivity contribution < 1.29 is 4.79 Å². The Morgan fingerprint density at radius 1 is 0.947 bits per heavy atom. The van der Waals surface area contributed by atoms with Crippen LogP contribution in [0.25, 0.3) is 22.0 Å². The van der Waals surface area contributed by atoms with Gasteiger partial charge in [0.05, 0.1) is 0 Å². The smallest absolute Gasteiger partial charge is 0.152 e. The summed E-state index contributed by atoms with van der Waals surface area (Å²) in [5.74, 6) is 0. The number of carbonyl (C=O) groups is 1. The Morgan fingerprint density at radius 2 is 1.68 bits per heavy atom. The summed E-state index contributed by atoms with van der Waals surface area (Å²) in [5.41, 5.74) is 6.54. The Balaban J connectivity index is 2.21. The second-order valence-corrected chi connectivity index (χ2v) is 5.00. The monoisotopic (exact) mass is 249 g/mol. The van der Waals surface area contributed by atoms with Crippen molar-refractivity contribution in [1.82, 2.24) is 4.98 Å². The zero-order valence-corrected chi connectivity index (χ0v) is 11.0. The third-order valence-electron chi connectivity index (χ3n) is 3.40. The molecule has 0 spiro atoms. The van der Waals surface area contributed by atoms with E-state index in [2.05, 4.69) is 49.2 Å². The van der Waals surface area contributed by atoms with Gasteiger partial charge in [0.1, 0.15) is 0 Å². The van der Waals surface area contributed by atoms with E-state index < -0.39 is 0 Å². The molecule has 0 aliphatic rings. The van der Waals surface area contributed by atoms with Crippen molar-refractivity contribution in [2.45, 2.75) is 13.8 Å². The van der Waals surface area contributed by atoms with E-state index in [-0.39, 0.29) is 0 Å². The first kappa shape index (κ1) is 11.7. The SMILES string of the molecule is Cc1cc(C)cc(-c2ccc3[nH]cc(C=O)c3c2)c1. The molecule has 94 valence electrons. The van der Waals surface area contributed by atoms with Crippen molar-refractivity contribution in [2.75, 3.05) is 0 Å². The molecule has 19 heavy (non-hydrogen) atoms. The summed E-state index contributed by atoms with van der Waals surface area (Å²) in [6.07, 6.45) is 2.65. The van der Waals surface area contributed by atoms with Gasteiger partial charge < -0.3 is 4.98 Å². The van der Waals surface area contributed by atoms with Crippen LogP contribution in [0.3, 0.4) is 0 Å². The highest BCUT2D eigenvalue weighted by molar-refractivity contribution is 5.99. The summed E-state index contributed by atoms with van der Waals surface area (Å²) in [7, 11) is 0. The summed E-state index contributed by atoms with van der Waals surface area (Å²) in [6, 6.07) is 12.7. The number of benzene rings is 2. The van der Waals surface area contributed by atoms with Crippen molar-refractivity contribution in [3.8, 4) is 11.1 Å². The molecule has 0 unspecified atom stereocenters. The lowest BCUT2D eigenvalue weighted by atomic mass is 9.99. The number of hydrogen-bond acceptors (Lipinski definition) is 1. The fraction of sp³-hybridized carbons (Fsp3) is 0.118. The van der Waals surface area contributed by atoms with Gasteiger partial charge in [-0.2, -0.15) is 0 Å². The molecule has 2 nitrogen and oxygen atoms in total. The third kappa shape index (κ3) is 2.06. The first-order valence-corrected chi connectivity index (χ1v) is 6.32. The fourth-order valence-electron chi connectivity index (χ4n) is 2.56. The lowest BCUT2D eigenvalue weighted by Crippen LogP contribution is -1.83. The predicted molar refractivity (Wildman–Crippen MR) is 78.6 cm³/mol. The molecule has 0 saturated carbocycles. The van der Waals surface area contributed by atoms with Gasteiger partial charge in [0, 0.05) is 22.7 Å². The molecule has 1 heterocycles. The maximum atomic E-state index is 11.0. The molecular formula is C17H15NO. The van der Waals surface area contributed by atoms with Gasteiger partial charge in [-0.15, -0.1) is 0 Å². The molecule has 0 saturated heterocycles. The van der Waals surface area contributed by atoms with Crippen LogP contribution in [0, 0.1) is 13.8 Å². The summed E-state index contributed by atoms with van der Waals surface area (Å²) in [4.78, 5) is 14.1. The largest absolute Gasteiger partial charge is 0.360 e. The van der Waals surface area contributed by atoms with Crippen LogP contribution in [0.5, 0.6) is 0 Å². The molecule has 0 aliphatic heterocycles. The van der Waals surface area contributed by atoms with Crippen LogP contribution in [0.15, 0.2) is 42.6 Å². The van der Waals surface area contributed by atoms with E-state index >= 15 is 0 Å². The predicted octanol–water partition coefficient (Wildman–Crippen LogP) is 4.26. The molecule has 3 rings (SSSR count). The number of aromatic nitrogens is 1. The van der Waals surface area contributed by atoms with E-state index in [9.17, 15) is 4.79 Å². The summed E-state index contributed by atoms with van der Waals surface area (Å²) in [6.45, 7) is 4.20. The summed E-state index contributed by atoms with van der Waals surface area (Å²) in [5, 5.41) is 0.978. The van der Waals surface area contributed by atoms with Gasteiger partial charge in [0.2, 0.25) is 0 Å². The van der Waals surface area contributed by atoms with Crippen LogP contribution in [0.1, 0.15) is 21.5 Å². The average Bonchev–Trinajstić information content (AvgIpc) is 2.79. The maximum Gasteiger partial charge on any atom is 0.152 e. The van der Waals surface area contributed by atoms with Crippen LogP contribution >= 0.6 is 0 Å². The molecule has 1 N–H and O–H groups in total. The molecular weight excluding hydrogens is 234 g/mol. The lowest BCUT2D eigenvalue weighted by molar-refractivity contribution is 0.112. The Hall–Kier alpha value is -2.35. The van der Waals surface area contributed by atoms with E-state index in [1.54, 1.807) is 6.20 Å². The van der Waals surface area contributed by atoms with Crippen molar-refractivity contribution >= 4 is 17.2 Å². The van der Waals surface area contributed by atoms with Gasteiger partial charge in [-0.25, -0.2) is 0 Å². The Morgan fingerprint density at radius 3 is 2.37 bits per heavy atom. The molecule has 0 bridgehead atoms. The third-order valence-corrected chi connectivity index (χ3v) is 3.40. The number of aldehydes is 1. The molecule has 1 aromatic heterocycles. The van der Waals surface area contributed by atoms with Crippen molar-refractivity contribution in [3.63, 3.8) is 0 Å². The standard InChI is InChI=1S/C17H15NO/c1-11-5-12(2)7-14(6-11)13-3-4-17-16(8-13)15(10-19)9-18-17/h3-10,18H,1-2H3. The van der Waals surface area contributed by atoms with Gasteiger partial charge in [0.15, 0.2) is 6.29 Å². The van der Waals surface area contributed by atoms with Crippen LogP contribution in [-0.2, 0) is 0 Å². The van der Waals surface area contributed by atoms with E-state index in [1.165, 1.54) is 16.7 Å². The number of carbonyl (C=O) groups excluding carboxylic acids is 1. The Labute approximate surface area is 112 Å². The lowest BCUT2D eigenvalue weighted by Gasteiger charge is -2.06. The Bertz CT molecular complexity index is 748. The Kier molecular flexibility index (Phi) is 2.71. The van der Waals surface area contributed by atoms with Crippen molar-refractivity contribution in [1.29, 1.82) is 0 Å². The number of aromatic amines is 1. The van der Waals surface area contributed by atoms with Crippen molar-refractivity contribution in [2.24, 2.45) is 0 Å². The number of rotatable bonds is 2. The highest BCUT2D eigenvalue weighted by atomic mass is 16.1. The second kappa shape index (κ2) is 4.39. The normalized spacial score (nSPS) is 10.8. The first-order valence-electron chi connectivity index (χ1n) is 6.32. The van der Waals surface area contributed by atoms with Gasteiger partial charge in [-0.05, 0) is 37.1 Å². The van der Waals surface area contributed by atoms with Crippen LogP contribution in [0.4, 0.5) is 0 Å². The number of nitrogens with one attached hydrogen (secondary N) is 1. The number of hydrogen-bond donors (Lipinski definition) is 1. The molecule has 2 aromatic carbocycles. The van der Waals surface area contributed by atoms with E-state index in [0.29, 0.717) is 5.56 Å². The zero-order chi connectivity index (χ0) is 13.4. The number of aryl methyl sites for hydroxylation is 2. The van der Waals surface area contributed by atoms with Gasteiger partial charge in [-0.3, -0.25) is 4.79 Å². The van der Waals surface area contributed by atoms with E-state index in [4.69, 9.17) is 0 Å². The molecule has 0 amide bonds. The maximum absolute atomic E-state index is 11.0. The van der Waals surface area contributed by atoms with Gasteiger partial charge >= 0.3 is 0 Å². The molecule has 0 aliphatic carbocycles. The van der Waals surface area contributed by atoms with Crippen LogP contribution < -0.4 is 0 Å². The molecule has 0 fully saturated rings. The minimum atomic E-state index is 0.709. The van der Waals surface area contributed by atoms with Gasteiger partial charge in [0.25, 0.3) is 0 Å². The first-order chi connectivity index (χ1) is 9.17. The van der Waals surface area contributed by atoms with Crippen LogP contribution in [0.2, 0.25) is 0 Å². The topological polar surface area (TPSA) is 32.9 Å². The molecule has 0 atom stereocenters. The number of H-pyrrole nitrogens is 1. The number of fused-ring (bicyclic) bond motifs is 1. The van der Waals surface area contributed by atoms with E-state index in [0.717, 1.165) is 22.8 Å². The molecule has 0 radical (unpaired) electrons. The summed E-state index contributed by atoms with van der Waals surface area (Å²) >= 11 is 0. The molecule has 2 heteroatoms. The summed E-state index contributed by atoms with van der Waals surface area (Å²) < 4.78 is 0. The van der Waals surface area contributed by atoms with Gasteiger partial charge in [-0.1, -0.05) is 35.4 Å². The highest BCUT2D eigenvalue weighted by Crippen LogP contribution is 2.27.